The third kappa shape index (κ3) is 5.67. The van der Waals surface area contributed by atoms with Gasteiger partial charge in [-0.2, -0.15) is 0 Å². The summed E-state index contributed by atoms with van der Waals surface area (Å²) in [6.45, 7) is 4.26. The highest BCUT2D eigenvalue weighted by molar-refractivity contribution is 5.96. The Morgan fingerprint density at radius 1 is 0.789 bits per heavy atom. The fourth-order valence-corrected chi connectivity index (χ4v) is 4.86. The number of hydrogen-bond donors (Lipinski definition) is 1. The zero-order chi connectivity index (χ0) is 26.5. The number of aryl methyl sites for hydroxylation is 1. The molecule has 0 radical (unpaired) electrons. The van der Waals surface area contributed by atoms with Gasteiger partial charge in [-0.1, -0.05) is 60.7 Å². The van der Waals surface area contributed by atoms with Crippen molar-refractivity contribution in [1.82, 2.24) is 14.0 Å². The van der Waals surface area contributed by atoms with Crippen molar-refractivity contribution in [1.29, 1.82) is 0 Å². The number of hydrogen-bond acceptors (Lipinski definition) is 6. The molecule has 38 heavy (non-hydrogen) atoms. The van der Waals surface area contributed by atoms with Gasteiger partial charge in [-0.05, 0) is 35.2 Å². The van der Waals surface area contributed by atoms with Crippen LogP contribution >= 0.6 is 0 Å². The zero-order valence-corrected chi connectivity index (χ0v) is 21.2. The number of ketones is 1. The van der Waals surface area contributed by atoms with Crippen LogP contribution in [0.15, 0.2) is 82.4 Å². The van der Waals surface area contributed by atoms with Gasteiger partial charge in [-0.3, -0.25) is 23.6 Å². The first kappa shape index (κ1) is 25.8. The van der Waals surface area contributed by atoms with Crippen molar-refractivity contribution < 1.29 is 14.6 Å². The van der Waals surface area contributed by atoms with Gasteiger partial charge in [0.1, 0.15) is 6.61 Å². The number of nitrogens with zero attached hydrogens (tertiary/aromatic N) is 3. The van der Waals surface area contributed by atoms with Crippen LogP contribution in [0, 0.1) is 0 Å². The van der Waals surface area contributed by atoms with Crippen LogP contribution in [-0.4, -0.2) is 57.8 Å². The minimum absolute atomic E-state index is 0.253. The van der Waals surface area contributed by atoms with Gasteiger partial charge < -0.3 is 9.84 Å². The number of benzene rings is 3. The smallest absolute Gasteiger partial charge is 0.331 e. The summed E-state index contributed by atoms with van der Waals surface area (Å²) in [5.41, 5.74) is 3.42. The first-order valence-electron chi connectivity index (χ1n) is 12.9. The highest BCUT2D eigenvalue weighted by Gasteiger charge is 2.14. The van der Waals surface area contributed by atoms with Gasteiger partial charge in [0.05, 0.1) is 30.7 Å². The third-order valence-electron chi connectivity index (χ3n) is 7.05. The second kappa shape index (κ2) is 11.7. The normalized spacial score (nSPS) is 14.1. The molecule has 1 N–H and O–H groups in total. The Hall–Kier alpha value is -3.85. The highest BCUT2D eigenvalue weighted by atomic mass is 16.5. The molecule has 8 heteroatoms. The predicted molar refractivity (Wildman–Crippen MR) is 146 cm³/mol. The van der Waals surface area contributed by atoms with Crippen molar-refractivity contribution in [2.45, 2.75) is 26.1 Å². The molecule has 0 atom stereocenters. The summed E-state index contributed by atoms with van der Waals surface area (Å²) < 4.78 is 8.33. The van der Waals surface area contributed by atoms with Crippen molar-refractivity contribution in [3.05, 3.63) is 116 Å². The zero-order valence-electron chi connectivity index (χ0n) is 21.2. The molecule has 0 spiro atoms. The molecule has 1 aromatic heterocycles. The van der Waals surface area contributed by atoms with Gasteiger partial charge in [0, 0.05) is 31.7 Å². The largest absolute Gasteiger partial charge is 0.388 e. The number of aliphatic hydroxyl groups is 1. The Morgan fingerprint density at radius 2 is 1.42 bits per heavy atom. The Balaban J connectivity index is 1.37. The fourth-order valence-electron chi connectivity index (χ4n) is 4.86. The number of ether oxygens (including phenoxy) is 1. The summed E-state index contributed by atoms with van der Waals surface area (Å²) in [5.74, 6) is -0.359. The van der Waals surface area contributed by atoms with E-state index >= 15 is 0 Å². The molecule has 0 bridgehead atoms. The van der Waals surface area contributed by atoms with E-state index in [1.165, 1.54) is 10.1 Å². The number of fused-ring (bicyclic) bond motifs is 1. The van der Waals surface area contributed by atoms with Crippen LogP contribution in [0.4, 0.5) is 0 Å². The average Bonchev–Trinajstić information content (AvgIpc) is 2.96. The quantitative estimate of drug-likeness (QED) is 0.346. The molecule has 1 aliphatic rings. The molecule has 0 amide bonds. The molecule has 5 rings (SSSR count). The van der Waals surface area contributed by atoms with Crippen LogP contribution in [0.2, 0.25) is 0 Å². The Bertz CT molecular complexity index is 1530. The molecule has 4 aromatic rings. The van der Waals surface area contributed by atoms with Gasteiger partial charge >= 0.3 is 5.69 Å². The van der Waals surface area contributed by atoms with Crippen LogP contribution in [0.5, 0.6) is 0 Å². The molecule has 8 nitrogen and oxygen atoms in total. The fraction of sp³-hybridized carbons (Fsp3) is 0.300. The molecule has 0 saturated carbocycles. The SMILES string of the molecule is O=C(CO)c1ccc(Cn2c(=O)n(CCc3ccc(CN4CCOCC4)cc3)c(=O)c3ccccc32)cc1. The number of morpholine rings is 1. The van der Waals surface area contributed by atoms with Gasteiger partial charge in [0.2, 0.25) is 0 Å². The lowest BCUT2D eigenvalue weighted by molar-refractivity contribution is 0.0342. The lowest BCUT2D eigenvalue weighted by Gasteiger charge is -2.26. The molecular weight excluding hydrogens is 482 g/mol. The van der Waals surface area contributed by atoms with Crippen LogP contribution in [-0.2, 0) is 30.8 Å². The Kier molecular flexibility index (Phi) is 7.93. The van der Waals surface area contributed by atoms with Gasteiger partial charge in [-0.25, -0.2) is 4.79 Å². The number of aliphatic hydroxyl groups excluding tert-OH is 1. The molecule has 0 aliphatic carbocycles. The van der Waals surface area contributed by atoms with E-state index in [0.29, 0.717) is 22.9 Å². The molecule has 1 saturated heterocycles. The molecule has 1 fully saturated rings. The maximum Gasteiger partial charge on any atom is 0.331 e. The van der Waals surface area contributed by atoms with E-state index in [4.69, 9.17) is 9.84 Å². The number of carbonyl (C=O) groups excluding carboxylic acids is 1. The molecule has 1 aliphatic heterocycles. The third-order valence-corrected chi connectivity index (χ3v) is 7.05. The van der Waals surface area contributed by atoms with Crippen molar-refractivity contribution in [2.24, 2.45) is 0 Å². The summed E-state index contributed by atoms with van der Waals surface area (Å²) in [4.78, 5) is 40.9. The molecule has 0 unspecified atom stereocenters. The number of rotatable bonds is 9. The molecule has 3 aromatic carbocycles. The number of carbonyl (C=O) groups is 1. The average molecular weight is 514 g/mol. The maximum atomic E-state index is 13.5. The first-order chi connectivity index (χ1) is 18.5. The van der Waals surface area contributed by atoms with E-state index in [1.807, 2.05) is 6.07 Å². The number of aromatic nitrogens is 2. The standard InChI is InChI=1S/C30H31N3O5/c34-21-28(35)25-11-9-24(10-12-25)20-33-27-4-2-1-3-26(27)29(36)32(30(33)37)14-13-22-5-7-23(8-6-22)19-31-15-17-38-18-16-31/h1-12,34H,13-21H2. The Labute approximate surface area is 220 Å². The summed E-state index contributed by atoms with van der Waals surface area (Å²) in [5, 5.41) is 9.57. The second-order valence-electron chi connectivity index (χ2n) is 9.58. The lowest BCUT2D eigenvalue weighted by Crippen LogP contribution is -2.40. The highest BCUT2D eigenvalue weighted by Crippen LogP contribution is 2.13. The summed E-state index contributed by atoms with van der Waals surface area (Å²) in [7, 11) is 0. The van der Waals surface area contributed by atoms with Crippen LogP contribution < -0.4 is 11.2 Å². The lowest BCUT2D eigenvalue weighted by atomic mass is 10.1. The maximum absolute atomic E-state index is 13.5. The monoisotopic (exact) mass is 513 g/mol. The van der Waals surface area contributed by atoms with E-state index in [-0.39, 0.29) is 30.1 Å². The molecular formula is C30H31N3O5. The van der Waals surface area contributed by atoms with E-state index in [0.717, 1.165) is 44.0 Å². The van der Waals surface area contributed by atoms with E-state index in [1.54, 1.807) is 47.0 Å². The summed E-state index contributed by atoms with van der Waals surface area (Å²) >= 11 is 0. The van der Waals surface area contributed by atoms with Crippen LogP contribution in [0.1, 0.15) is 27.0 Å². The number of Topliss-reactive ketones (excluding diaryl/α,β-unsaturated/α-hetero) is 1. The first-order valence-corrected chi connectivity index (χ1v) is 12.9. The van der Waals surface area contributed by atoms with Crippen molar-refractivity contribution >= 4 is 16.7 Å². The van der Waals surface area contributed by atoms with E-state index in [9.17, 15) is 14.4 Å². The summed E-state index contributed by atoms with van der Waals surface area (Å²) in [6, 6.07) is 22.3. The van der Waals surface area contributed by atoms with E-state index in [2.05, 4.69) is 29.2 Å². The topological polar surface area (TPSA) is 93.8 Å². The van der Waals surface area contributed by atoms with Gasteiger partial charge in [0.25, 0.3) is 5.56 Å². The minimum Gasteiger partial charge on any atom is -0.388 e. The van der Waals surface area contributed by atoms with Crippen molar-refractivity contribution in [2.75, 3.05) is 32.9 Å². The second-order valence-corrected chi connectivity index (χ2v) is 9.58. The van der Waals surface area contributed by atoms with Crippen LogP contribution in [0.25, 0.3) is 10.9 Å². The van der Waals surface area contributed by atoms with Crippen LogP contribution in [0.3, 0.4) is 0 Å². The predicted octanol–water partition coefficient (Wildman–Crippen LogP) is 2.46. The van der Waals surface area contributed by atoms with E-state index < -0.39 is 6.61 Å². The summed E-state index contributed by atoms with van der Waals surface area (Å²) in [6.07, 6.45) is 0.559. The van der Waals surface area contributed by atoms with Crippen molar-refractivity contribution in [3.63, 3.8) is 0 Å². The number of para-hydroxylation sites is 1. The van der Waals surface area contributed by atoms with Crippen molar-refractivity contribution in [3.8, 4) is 0 Å². The minimum atomic E-state index is -0.551. The molecule has 2 heterocycles. The molecule has 196 valence electrons. The van der Waals surface area contributed by atoms with Gasteiger partial charge in [-0.15, -0.1) is 0 Å². The Morgan fingerprint density at radius 3 is 2.13 bits per heavy atom. The van der Waals surface area contributed by atoms with Gasteiger partial charge in [0.15, 0.2) is 5.78 Å².